The van der Waals surface area contributed by atoms with E-state index in [0.717, 1.165) is 40.8 Å². The van der Waals surface area contributed by atoms with Gasteiger partial charge < -0.3 is 10.1 Å². The normalized spacial score (nSPS) is 13.3. The average molecular weight is 359 g/mol. The third kappa shape index (κ3) is 3.97. The van der Waals surface area contributed by atoms with Crippen molar-refractivity contribution in [1.29, 1.82) is 0 Å². The summed E-state index contributed by atoms with van der Waals surface area (Å²) in [5.41, 5.74) is 4.67. The number of amides is 1. The predicted molar refractivity (Wildman–Crippen MR) is 105 cm³/mol. The lowest BCUT2D eigenvalue weighted by Gasteiger charge is -2.11. The Balaban J connectivity index is 1.49. The minimum Gasteiger partial charge on any atom is -0.490 e. The SMILES string of the molecule is Cc1ccncc1C(=O)Nc1ccc(-c2ccc(OC3CC3)cc2C)cn1. The number of rotatable bonds is 5. The fourth-order valence-electron chi connectivity index (χ4n) is 2.92. The molecule has 136 valence electrons. The van der Waals surface area contributed by atoms with Crippen LogP contribution in [0.25, 0.3) is 11.1 Å². The molecule has 4 rings (SSSR count). The van der Waals surface area contributed by atoms with Crippen LogP contribution in [0.4, 0.5) is 5.82 Å². The summed E-state index contributed by atoms with van der Waals surface area (Å²) >= 11 is 0. The number of carbonyl (C=O) groups excluding carboxylic acids is 1. The van der Waals surface area contributed by atoms with Crippen LogP contribution in [0.5, 0.6) is 5.75 Å². The van der Waals surface area contributed by atoms with Gasteiger partial charge in [0.15, 0.2) is 0 Å². The molecule has 3 aromatic rings. The molecule has 0 radical (unpaired) electrons. The van der Waals surface area contributed by atoms with Gasteiger partial charge in [0.05, 0.1) is 11.7 Å². The molecule has 0 unspecified atom stereocenters. The number of hydrogen-bond acceptors (Lipinski definition) is 4. The van der Waals surface area contributed by atoms with Gasteiger partial charge in [0, 0.05) is 24.2 Å². The van der Waals surface area contributed by atoms with Crippen molar-refractivity contribution in [2.24, 2.45) is 0 Å². The monoisotopic (exact) mass is 359 g/mol. The molecule has 0 atom stereocenters. The Morgan fingerprint density at radius 1 is 1.07 bits per heavy atom. The first kappa shape index (κ1) is 17.2. The van der Waals surface area contributed by atoms with Gasteiger partial charge in [-0.05, 0) is 73.7 Å². The molecule has 1 aliphatic rings. The maximum atomic E-state index is 12.4. The molecule has 1 aromatic carbocycles. The second-order valence-electron chi connectivity index (χ2n) is 6.87. The highest BCUT2D eigenvalue weighted by Crippen LogP contribution is 2.31. The van der Waals surface area contributed by atoms with Gasteiger partial charge in [-0.15, -0.1) is 0 Å². The van der Waals surface area contributed by atoms with Crippen LogP contribution in [-0.4, -0.2) is 22.0 Å². The molecule has 2 aromatic heterocycles. The number of aromatic nitrogens is 2. The van der Waals surface area contributed by atoms with Crippen LogP contribution in [0.3, 0.4) is 0 Å². The van der Waals surface area contributed by atoms with E-state index in [9.17, 15) is 4.79 Å². The lowest BCUT2D eigenvalue weighted by Crippen LogP contribution is -2.14. The standard InChI is InChI=1S/C22H21N3O2/c1-14-9-10-23-13-20(14)22(26)25-21-8-3-16(12-24-21)19-7-6-18(11-15(19)2)27-17-4-5-17/h3,6-13,17H,4-5H2,1-2H3,(H,24,25,26). The van der Waals surface area contributed by atoms with E-state index in [1.807, 2.05) is 31.2 Å². The third-order valence-corrected chi connectivity index (χ3v) is 4.62. The highest BCUT2D eigenvalue weighted by atomic mass is 16.5. The van der Waals surface area contributed by atoms with Crippen molar-refractivity contribution >= 4 is 11.7 Å². The van der Waals surface area contributed by atoms with Crippen LogP contribution in [-0.2, 0) is 0 Å². The lowest BCUT2D eigenvalue weighted by atomic mass is 10.0. The third-order valence-electron chi connectivity index (χ3n) is 4.62. The number of hydrogen-bond donors (Lipinski definition) is 1. The molecular formula is C22H21N3O2. The summed E-state index contributed by atoms with van der Waals surface area (Å²) in [6.45, 7) is 3.95. The molecule has 5 heteroatoms. The number of carbonyl (C=O) groups is 1. The number of pyridine rings is 2. The lowest BCUT2D eigenvalue weighted by molar-refractivity contribution is 0.102. The van der Waals surface area contributed by atoms with Crippen LogP contribution < -0.4 is 10.1 Å². The van der Waals surface area contributed by atoms with E-state index >= 15 is 0 Å². The van der Waals surface area contributed by atoms with Crippen molar-refractivity contribution in [3.8, 4) is 16.9 Å². The largest absolute Gasteiger partial charge is 0.490 e. The van der Waals surface area contributed by atoms with Gasteiger partial charge in [0.1, 0.15) is 11.6 Å². The van der Waals surface area contributed by atoms with Crippen LogP contribution in [0.2, 0.25) is 0 Å². The number of nitrogens with zero attached hydrogens (tertiary/aromatic N) is 2. The molecule has 1 saturated carbocycles. The zero-order chi connectivity index (χ0) is 18.8. The molecule has 2 heterocycles. The molecule has 1 aliphatic carbocycles. The first-order valence-corrected chi connectivity index (χ1v) is 9.06. The fraction of sp³-hybridized carbons (Fsp3) is 0.227. The van der Waals surface area contributed by atoms with Crippen molar-refractivity contribution in [3.63, 3.8) is 0 Å². The van der Waals surface area contributed by atoms with Gasteiger partial charge >= 0.3 is 0 Å². The minimum atomic E-state index is -0.210. The molecule has 0 aliphatic heterocycles. The van der Waals surface area contributed by atoms with E-state index < -0.39 is 0 Å². The summed E-state index contributed by atoms with van der Waals surface area (Å²) in [6, 6.07) is 11.7. The van der Waals surface area contributed by atoms with Gasteiger partial charge in [0.25, 0.3) is 5.91 Å². The van der Waals surface area contributed by atoms with E-state index in [1.54, 1.807) is 18.6 Å². The molecule has 0 saturated heterocycles. The van der Waals surface area contributed by atoms with Crippen molar-refractivity contribution in [2.75, 3.05) is 5.32 Å². The fourth-order valence-corrected chi connectivity index (χ4v) is 2.92. The molecule has 0 bridgehead atoms. The van der Waals surface area contributed by atoms with E-state index in [1.165, 1.54) is 0 Å². The second-order valence-corrected chi connectivity index (χ2v) is 6.87. The Morgan fingerprint density at radius 2 is 1.93 bits per heavy atom. The quantitative estimate of drug-likeness (QED) is 0.726. The molecule has 1 N–H and O–H groups in total. The highest BCUT2D eigenvalue weighted by Gasteiger charge is 2.23. The summed E-state index contributed by atoms with van der Waals surface area (Å²) in [5.74, 6) is 1.22. The van der Waals surface area contributed by atoms with Crippen molar-refractivity contribution in [3.05, 3.63) is 71.7 Å². The predicted octanol–water partition coefficient (Wildman–Crippen LogP) is 4.55. The molecular weight excluding hydrogens is 338 g/mol. The summed E-state index contributed by atoms with van der Waals surface area (Å²) in [6.07, 6.45) is 7.70. The first-order valence-electron chi connectivity index (χ1n) is 9.06. The second kappa shape index (κ2) is 7.19. The maximum Gasteiger partial charge on any atom is 0.258 e. The number of nitrogens with one attached hydrogen (secondary N) is 1. The number of ether oxygens (including phenoxy) is 1. The van der Waals surface area contributed by atoms with Gasteiger partial charge in [-0.25, -0.2) is 4.98 Å². The van der Waals surface area contributed by atoms with E-state index in [-0.39, 0.29) is 5.91 Å². The Bertz CT molecular complexity index is 979. The maximum absolute atomic E-state index is 12.4. The zero-order valence-corrected chi connectivity index (χ0v) is 15.4. The Labute approximate surface area is 158 Å². The van der Waals surface area contributed by atoms with Gasteiger partial charge in [0.2, 0.25) is 0 Å². The molecule has 27 heavy (non-hydrogen) atoms. The molecule has 0 spiro atoms. The van der Waals surface area contributed by atoms with Crippen LogP contribution >= 0.6 is 0 Å². The van der Waals surface area contributed by atoms with Crippen LogP contribution in [0.1, 0.15) is 34.3 Å². The van der Waals surface area contributed by atoms with Gasteiger partial charge in [-0.1, -0.05) is 6.07 Å². The number of benzene rings is 1. The molecule has 1 amide bonds. The Morgan fingerprint density at radius 3 is 2.59 bits per heavy atom. The van der Waals surface area contributed by atoms with E-state index in [0.29, 0.717) is 17.5 Å². The summed E-state index contributed by atoms with van der Waals surface area (Å²) in [7, 11) is 0. The van der Waals surface area contributed by atoms with Gasteiger partial charge in [-0.2, -0.15) is 0 Å². The number of anilines is 1. The Kier molecular flexibility index (Phi) is 4.59. The smallest absolute Gasteiger partial charge is 0.258 e. The summed E-state index contributed by atoms with van der Waals surface area (Å²) in [5, 5.41) is 2.82. The summed E-state index contributed by atoms with van der Waals surface area (Å²) in [4.78, 5) is 20.8. The minimum absolute atomic E-state index is 0.210. The van der Waals surface area contributed by atoms with Crippen LogP contribution in [0, 0.1) is 13.8 Å². The van der Waals surface area contributed by atoms with E-state index in [4.69, 9.17) is 4.74 Å². The molecule has 1 fully saturated rings. The topological polar surface area (TPSA) is 64.1 Å². The van der Waals surface area contributed by atoms with E-state index in [2.05, 4.69) is 34.3 Å². The first-order chi connectivity index (χ1) is 13.1. The van der Waals surface area contributed by atoms with Gasteiger partial charge in [-0.3, -0.25) is 9.78 Å². The zero-order valence-electron chi connectivity index (χ0n) is 15.4. The Hall–Kier alpha value is -3.21. The van der Waals surface area contributed by atoms with Crippen LogP contribution in [0.15, 0.2) is 55.0 Å². The molecule has 5 nitrogen and oxygen atoms in total. The average Bonchev–Trinajstić information content (AvgIpc) is 3.47. The van der Waals surface area contributed by atoms with Crippen molar-refractivity contribution < 1.29 is 9.53 Å². The number of aryl methyl sites for hydroxylation is 2. The summed E-state index contributed by atoms with van der Waals surface area (Å²) < 4.78 is 5.84. The van der Waals surface area contributed by atoms with Crippen molar-refractivity contribution in [1.82, 2.24) is 9.97 Å². The highest BCUT2D eigenvalue weighted by molar-refractivity contribution is 6.04. The van der Waals surface area contributed by atoms with Crippen molar-refractivity contribution in [2.45, 2.75) is 32.8 Å².